The number of aliphatic hydroxyl groups excluding tert-OH is 3. The summed E-state index contributed by atoms with van der Waals surface area (Å²) in [5, 5.41) is 36.4. The van der Waals surface area contributed by atoms with Crippen molar-refractivity contribution in [3.63, 3.8) is 0 Å². The first kappa shape index (κ1) is 10.9. The van der Waals surface area contributed by atoms with Gasteiger partial charge in [-0.2, -0.15) is 0 Å². The summed E-state index contributed by atoms with van der Waals surface area (Å²) < 4.78 is 0. The zero-order valence-electron chi connectivity index (χ0n) is 7.54. The highest BCUT2D eigenvalue weighted by molar-refractivity contribution is 5.75. The van der Waals surface area contributed by atoms with Crippen LogP contribution in [0.4, 0.5) is 0 Å². The van der Waals surface area contributed by atoms with Gasteiger partial charge in [0.15, 0.2) is 0 Å². The van der Waals surface area contributed by atoms with Gasteiger partial charge in [0.2, 0.25) is 0 Å². The van der Waals surface area contributed by atoms with Gasteiger partial charge in [0.1, 0.15) is 17.5 Å². The molecule has 0 amide bonds. The smallest absolute Gasteiger partial charge is 0.140 e. The lowest BCUT2D eigenvalue weighted by Crippen LogP contribution is -2.31. The van der Waals surface area contributed by atoms with E-state index in [-0.39, 0.29) is 18.9 Å². The molecule has 14 heavy (non-hydrogen) atoms. The van der Waals surface area contributed by atoms with Crippen LogP contribution in [0, 0.1) is 0 Å². The molecule has 2 atom stereocenters. The van der Waals surface area contributed by atoms with Gasteiger partial charge in [-0.25, -0.2) is 0 Å². The van der Waals surface area contributed by atoms with E-state index in [9.17, 15) is 5.11 Å². The molecule has 0 fully saturated rings. The molecule has 0 aromatic carbocycles. The Hall–Kier alpha value is -1.17. The second-order valence-electron chi connectivity index (χ2n) is 3.02. The van der Waals surface area contributed by atoms with Crippen LogP contribution < -0.4 is 0 Å². The van der Waals surface area contributed by atoms with Crippen LogP contribution in [0.2, 0.25) is 0 Å². The van der Waals surface area contributed by atoms with Crippen molar-refractivity contribution in [2.24, 2.45) is 4.99 Å². The van der Waals surface area contributed by atoms with E-state index in [0.717, 1.165) is 6.08 Å². The summed E-state index contributed by atoms with van der Waals surface area (Å²) in [6.45, 7) is 0.0852. The Morgan fingerprint density at radius 2 is 2.29 bits per heavy atom. The fourth-order valence-electron chi connectivity index (χ4n) is 1.06. The van der Waals surface area contributed by atoms with Crippen LogP contribution in [0.15, 0.2) is 29.0 Å². The molecule has 0 radical (unpaired) electrons. The molecule has 2 unspecified atom stereocenters. The Morgan fingerprint density at radius 3 is 2.86 bits per heavy atom. The summed E-state index contributed by atoms with van der Waals surface area (Å²) >= 11 is 0. The van der Waals surface area contributed by atoms with Gasteiger partial charge in [0.25, 0.3) is 0 Å². The summed E-state index contributed by atoms with van der Waals surface area (Å²) in [7, 11) is 0. The van der Waals surface area contributed by atoms with E-state index in [1.54, 1.807) is 0 Å². The third kappa shape index (κ3) is 2.66. The van der Waals surface area contributed by atoms with Gasteiger partial charge in [-0.05, 0) is 18.2 Å². The third-order valence-electron chi connectivity index (χ3n) is 1.75. The predicted molar refractivity (Wildman–Crippen MR) is 51.3 cm³/mol. The first-order valence-electron chi connectivity index (χ1n) is 4.21. The van der Waals surface area contributed by atoms with E-state index < -0.39 is 11.7 Å². The summed E-state index contributed by atoms with van der Waals surface area (Å²) in [5.74, 6) is -0.314. The molecule has 0 heterocycles. The molecule has 5 nitrogen and oxygen atoms in total. The zero-order valence-corrected chi connectivity index (χ0v) is 7.54. The first-order valence-corrected chi connectivity index (χ1v) is 4.21. The molecule has 78 valence electrons. The van der Waals surface area contributed by atoms with E-state index in [0.29, 0.717) is 0 Å². The average molecular weight is 199 g/mol. The molecule has 1 aliphatic carbocycles. The molecule has 5 heteroatoms. The molecular weight excluding hydrogens is 186 g/mol. The van der Waals surface area contributed by atoms with E-state index in [1.165, 1.54) is 18.4 Å². The minimum absolute atomic E-state index is 0.103. The van der Waals surface area contributed by atoms with E-state index in [1.807, 2.05) is 0 Å². The zero-order chi connectivity index (χ0) is 10.6. The fraction of sp³-hybridized carbons (Fsp3) is 0.444. The largest absolute Gasteiger partial charge is 0.509 e. The maximum atomic E-state index is 9.72. The van der Waals surface area contributed by atoms with Crippen molar-refractivity contribution in [3.8, 4) is 0 Å². The Balaban J connectivity index is 2.71. The van der Waals surface area contributed by atoms with E-state index >= 15 is 0 Å². The number of hydrogen-bond acceptors (Lipinski definition) is 5. The Labute approximate surface area is 81.3 Å². The lowest BCUT2D eigenvalue weighted by atomic mass is 9.97. The second-order valence-corrected chi connectivity index (χ2v) is 3.02. The first-order chi connectivity index (χ1) is 6.57. The molecule has 1 rings (SSSR count). The van der Waals surface area contributed by atoms with Crippen LogP contribution in [0.3, 0.4) is 0 Å². The molecule has 0 bridgehead atoms. The Morgan fingerprint density at radius 1 is 1.57 bits per heavy atom. The van der Waals surface area contributed by atoms with Gasteiger partial charge in [-0.1, -0.05) is 0 Å². The maximum Gasteiger partial charge on any atom is 0.140 e. The summed E-state index contributed by atoms with van der Waals surface area (Å²) in [4.78, 5) is 3.73. The fourth-order valence-corrected chi connectivity index (χ4v) is 1.06. The van der Waals surface area contributed by atoms with Crippen LogP contribution >= 0.6 is 0 Å². The topological polar surface area (TPSA) is 93.3 Å². The minimum atomic E-state index is -1.47. The standard InChI is InChI=1S/C9H13NO4/c11-4-3-10-6-9(14)2-1-7(12)8(13)5-9/h1-2,5-7,11-14H,3-4H2. The quantitative estimate of drug-likeness (QED) is 0.352. The highest BCUT2D eigenvalue weighted by atomic mass is 16.3. The van der Waals surface area contributed by atoms with Crippen LogP contribution in [0.25, 0.3) is 0 Å². The minimum Gasteiger partial charge on any atom is -0.509 e. The number of aliphatic hydroxyl groups is 4. The summed E-state index contributed by atoms with van der Waals surface area (Å²) in [5.41, 5.74) is -1.47. The van der Waals surface area contributed by atoms with Crippen LogP contribution in [0.5, 0.6) is 0 Å². The van der Waals surface area contributed by atoms with Gasteiger partial charge in [-0.15, -0.1) is 0 Å². The number of nitrogens with zero attached hydrogens (tertiary/aromatic N) is 1. The van der Waals surface area contributed by atoms with Gasteiger partial charge in [0.05, 0.1) is 13.2 Å². The van der Waals surface area contributed by atoms with Crippen LogP contribution in [-0.2, 0) is 0 Å². The van der Waals surface area contributed by atoms with Crippen molar-refractivity contribution in [2.45, 2.75) is 11.7 Å². The number of rotatable bonds is 3. The maximum absolute atomic E-state index is 9.72. The third-order valence-corrected chi connectivity index (χ3v) is 1.75. The molecule has 0 aromatic rings. The molecular formula is C9H13NO4. The summed E-state index contributed by atoms with van der Waals surface area (Å²) in [6.07, 6.45) is 3.81. The van der Waals surface area contributed by atoms with Gasteiger partial charge >= 0.3 is 0 Å². The monoisotopic (exact) mass is 199 g/mol. The molecule has 4 N–H and O–H groups in total. The van der Waals surface area contributed by atoms with E-state index in [4.69, 9.17) is 15.3 Å². The lowest BCUT2D eigenvalue weighted by molar-refractivity contribution is 0.159. The second kappa shape index (κ2) is 4.36. The predicted octanol–water partition coefficient (Wildman–Crippen LogP) is -0.847. The van der Waals surface area contributed by atoms with Crippen LogP contribution in [-0.4, -0.2) is 51.5 Å². The van der Waals surface area contributed by atoms with Gasteiger partial charge in [-0.3, -0.25) is 4.99 Å². The number of hydrogen-bond donors (Lipinski definition) is 4. The lowest BCUT2D eigenvalue weighted by Gasteiger charge is -2.21. The van der Waals surface area contributed by atoms with E-state index in [2.05, 4.69) is 4.99 Å². The molecule has 0 aliphatic heterocycles. The highest BCUT2D eigenvalue weighted by Crippen LogP contribution is 2.17. The Bertz CT molecular complexity index is 285. The van der Waals surface area contributed by atoms with Crippen LogP contribution in [0.1, 0.15) is 0 Å². The van der Waals surface area contributed by atoms with Crippen molar-refractivity contribution in [1.82, 2.24) is 0 Å². The van der Waals surface area contributed by atoms with Crippen molar-refractivity contribution >= 4 is 6.21 Å². The summed E-state index contributed by atoms with van der Waals surface area (Å²) in [6, 6.07) is 0. The van der Waals surface area contributed by atoms with Crippen molar-refractivity contribution in [2.75, 3.05) is 13.2 Å². The Kier molecular flexibility index (Phi) is 3.40. The molecule has 0 spiro atoms. The molecule has 1 aliphatic rings. The van der Waals surface area contributed by atoms with Crippen molar-refractivity contribution in [3.05, 3.63) is 24.0 Å². The van der Waals surface area contributed by atoms with Gasteiger partial charge < -0.3 is 20.4 Å². The molecule has 0 saturated carbocycles. The molecule has 0 saturated heterocycles. The SMILES string of the molecule is OCCN=CC1(O)C=CC(O)C(O)=C1. The normalized spacial score (nSPS) is 32.2. The van der Waals surface area contributed by atoms with Gasteiger partial charge in [0, 0.05) is 6.21 Å². The molecule has 0 aromatic heterocycles. The highest BCUT2D eigenvalue weighted by Gasteiger charge is 2.25. The average Bonchev–Trinajstić information content (AvgIpc) is 2.13. The number of aliphatic imine (C=N–C) groups is 1. The van der Waals surface area contributed by atoms with Crippen molar-refractivity contribution < 1.29 is 20.4 Å². The van der Waals surface area contributed by atoms with Crippen molar-refractivity contribution in [1.29, 1.82) is 0 Å².